The Balaban J connectivity index is 2.28. The minimum Gasteiger partial charge on any atom is -0.351 e. The van der Waals surface area contributed by atoms with Crippen molar-refractivity contribution in [3.8, 4) is 0 Å². The van der Waals surface area contributed by atoms with Crippen molar-refractivity contribution < 1.29 is 0 Å². The SMILES string of the molecule is Cc1cc(Br)cnc1N1CC(C)NCC1C. The van der Waals surface area contributed by atoms with Crippen molar-refractivity contribution in [1.82, 2.24) is 10.3 Å². The third-order valence-electron chi connectivity index (χ3n) is 3.05. The van der Waals surface area contributed by atoms with Crippen LogP contribution in [0, 0.1) is 6.92 Å². The summed E-state index contributed by atoms with van der Waals surface area (Å²) in [4.78, 5) is 6.93. The standard InChI is InChI=1S/C12H18BrN3/c1-8-4-11(13)6-15-12(8)16-7-9(2)14-5-10(16)3/h4,6,9-10,14H,5,7H2,1-3H3. The third-order valence-corrected chi connectivity index (χ3v) is 3.49. The molecule has 3 nitrogen and oxygen atoms in total. The van der Waals surface area contributed by atoms with Gasteiger partial charge >= 0.3 is 0 Å². The lowest BCUT2D eigenvalue weighted by Gasteiger charge is -2.39. The topological polar surface area (TPSA) is 28.2 Å². The average molecular weight is 284 g/mol. The number of nitrogens with one attached hydrogen (secondary N) is 1. The van der Waals surface area contributed by atoms with E-state index in [0.717, 1.165) is 23.4 Å². The second kappa shape index (κ2) is 4.72. The number of rotatable bonds is 1. The van der Waals surface area contributed by atoms with Crippen LogP contribution in [0.5, 0.6) is 0 Å². The lowest BCUT2D eigenvalue weighted by Crippen LogP contribution is -2.54. The second-order valence-electron chi connectivity index (χ2n) is 4.60. The number of aromatic nitrogens is 1. The van der Waals surface area contributed by atoms with E-state index < -0.39 is 0 Å². The van der Waals surface area contributed by atoms with Crippen molar-refractivity contribution in [3.05, 3.63) is 22.3 Å². The Morgan fingerprint density at radius 3 is 2.94 bits per heavy atom. The van der Waals surface area contributed by atoms with Crippen LogP contribution >= 0.6 is 15.9 Å². The molecule has 1 aromatic rings. The maximum atomic E-state index is 4.54. The van der Waals surface area contributed by atoms with Crippen molar-refractivity contribution in [2.45, 2.75) is 32.9 Å². The summed E-state index contributed by atoms with van der Waals surface area (Å²) in [5.74, 6) is 1.11. The number of hydrogen-bond donors (Lipinski definition) is 1. The van der Waals surface area contributed by atoms with E-state index in [1.807, 2.05) is 6.20 Å². The number of hydrogen-bond acceptors (Lipinski definition) is 3. The minimum atomic E-state index is 0.503. The highest BCUT2D eigenvalue weighted by molar-refractivity contribution is 9.10. The number of piperazine rings is 1. The normalized spacial score (nSPS) is 25.9. The smallest absolute Gasteiger partial charge is 0.131 e. The van der Waals surface area contributed by atoms with Gasteiger partial charge < -0.3 is 10.2 Å². The zero-order valence-corrected chi connectivity index (χ0v) is 11.6. The molecule has 2 heterocycles. The van der Waals surface area contributed by atoms with Gasteiger partial charge in [-0.25, -0.2) is 4.98 Å². The Morgan fingerprint density at radius 2 is 2.25 bits per heavy atom. The Morgan fingerprint density at radius 1 is 1.50 bits per heavy atom. The van der Waals surface area contributed by atoms with E-state index in [9.17, 15) is 0 Å². The van der Waals surface area contributed by atoms with Gasteiger partial charge in [-0.2, -0.15) is 0 Å². The Labute approximate surface area is 105 Å². The van der Waals surface area contributed by atoms with E-state index in [0.29, 0.717) is 12.1 Å². The molecule has 2 rings (SSSR count). The highest BCUT2D eigenvalue weighted by Crippen LogP contribution is 2.23. The van der Waals surface area contributed by atoms with E-state index in [4.69, 9.17) is 0 Å². The van der Waals surface area contributed by atoms with Gasteiger partial charge in [0.1, 0.15) is 5.82 Å². The summed E-state index contributed by atoms with van der Waals surface area (Å²) < 4.78 is 1.05. The maximum absolute atomic E-state index is 4.54. The molecule has 0 bridgehead atoms. The summed E-state index contributed by atoms with van der Waals surface area (Å²) in [6, 6.07) is 3.16. The predicted molar refractivity (Wildman–Crippen MR) is 70.9 cm³/mol. The van der Waals surface area contributed by atoms with Gasteiger partial charge in [-0.1, -0.05) is 0 Å². The predicted octanol–water partition coefficient (Wildman–Crippen LogP) is 2.34. The molecule has 0 aliphatic carbocycles. The molecule has 4 heteroatoms. The molecule has 1 aromatic heterocycles. The molecular weight excluding hydrogens is 266 g/mol. The number of nitrogens with zero attached hydrogens (tertiary/aromatic N) is 2. The van der Waals surface area contributed by atoms with Crippen LogP contribution in [0.1, 0.15) is 19.4 Å². The lowest BCUT2D eigenvalue weighted by molar-refractivity contribution is 0.422. The molecule has 0 saturated carbocycles. The number of pyridine rings is 1. The fraction of sp³-hybridized carbons (Fsp3) is 0.583. The highest BCUT2D eigenvalue weighted by atomic mass is 79.9. The second-order valence-corrected chi connectivity index (χ2v) is 5.52. The van der Waals surface area contributed by atoms with Gasteiger partial charge in [0.15, 0.2) is 0 Å². The van der Waals surface area contributed by atoms with Gasteiger partial charge in [-0.05, 0) is 48.3 Å². The largest absolute Gasteiger partial charge is 0.351 e. The summed E-state index contributed by atoms with van der Waals surface area (Å²) in [5, 5.41) is 3.48. The first-order valence-electron chi connectivity index (χ1n) is 5.70. The Bertz CT molecular complexity index is 381. The van der Waals surface area contributed by atoms with Gasteiger partial charge in [0, 0.05) is 35.8 Å². The molecule has 1 aliphatic heterocycles. The van der Waals surface area contributed by atoms with Crippen molar-refractivity contribution in [1.29, 1.82) is 0 Å². The fourth-order valence-electron chi connectivity index (χ4n) is 2.15. The molecule has 1 N–H and O–H groups in total. The van der Waals surface area contributed by atoms with Crippen LogP contribution in [0.2, 0.25) is 0 Å². The molecule has 2 atom stereocenters. The van der Waals surface area contributed by atoms with Gasteiger partial charge in [0.2, 0.25) is 0 Å². The number of anilines is 1. The van der Waals surface area contributed by atoms with E-state index in [-0.39, 0.29) is 0 Å². The van der Waals surface area contributed by atoms with Gasteiger partial charge in [-0.3, -0.25) is 0 Å². The molecule has 2 unspecified atom stereocenters. The Hall–Kier alpha value is -0.610. The molecule has 0 radical (unpaired) electrons. The van der Waals surface area contributed by atoms with E-state index in [2.05, 4.69) is 58.0 Å². The summed E-state index contributed by atoms with van der Waals surface area (Å²) in [7, 11) is 0. The van der Waals surface area contributed by atoms with Crippen LogP contribution in [0.3, 0.4) is 0 Å². The molecule has 0 aromatic carbocycles. The summed E-state index contributed by atoms with van der Waals surface area (Å²) in [6.45, 7) is 8.62. The summed E-state index contributed by atoms with van der Waals surface area (Å²) in [6.07, 6.45) is 1.88. The fourth-order valence-corrected chi connectivity index (χ4v) is 2.60. The molecule has 88 valence electrons. The van der Waals surface area contributed by atoms with Crippen molar-refractivity contribution in [2.75, 3.05) is 18.0 Å². The monoisotopic (exact) mass is 283 g/mol. The molecule has 0 amide bonds. The first-order chi connectivity index (χ1) is 7.58. The summed E-state index contributed by atoms with van der Waals surface area (Å²) in [5.41, 5.74) is 1.23. The van der Waals surface area contributed by atoms with Crippen LogP contribution in [-0.4, -0.2) is 30.2 Å². The minimum absolute atomic E-state index is 0.503. The Kier molecular flexibility index (Phi) is 3.50. The zero-order chi connectivity index (χ0) is 11.7. The third kappa shape index (κ3) is 2.38. The zero-order valence-electron chi connectivity index (χ0n) is 10.00. The van der Waals surface area contributed by atoms with Crippen LogP contribution in [0.15, 0.2) is 16.7 Å². The first kappa shape index (κ1) is 11.9. The van der Waals surface area contributed by atoms with Gasteiger partial charge in [0.25, 0.3) is 0 Å². The molecule has 1 fully saturated rings. The number of aryl methyl sites for hydroxylation is 1. The van der Waals surface area contributed by atoms with E-state index >= 15 is 0 Å². The molecule has 1 saturated heterocycles. The first-order valence-corrected chi connectivity index (χ1v) is 6.49. The summed E-state index contributed by atoms with van der Waals surface area (Å²) >= 11 is 3.45. The van der Waals surface area contributed by atoms with E-state index in [1.54, 1.807) is 0 Å². The van der Waals surface area contributed by atoms with E-state index in [1.165, 1.54) is 5.56 Å². The molecule has 1 aliphatic rings. The van der Waals surface area contributed by atoms with Crippen LogP contribution in [-0.2, 0) is 0 Å². The molecule has 0 spiro atoms. The van der Waals surface area contributed by atoms with Crippen molar-refractivity contribution in [2.24, 2.45) is 0 Å². The highest BCUT2D eigenvalue weighted by Gasteiger charge is 2.24. The van der Waals surface area contributed by atoms with Gasteiger partial charge in [-0.15, -0.1) is 0 Å². The van der Waals surface area contributed by atoms with Gasteiger partial charge in [0.05, 0.1) is 0 Å². The van der Waals surface area contributed by atoms with Crippen molar-refractivity contribution in [3.63, 3.8) is 0 Å². The quantitative estimate of drug-likeness (QED) is 0.858. The molecule has 16 heavy (non-hydrogen) atoms. The van der Waals surface area contributed by atoms with Crippen LogP contribution in [0.25, 0.3) is 0 Å². The number of halogens is 1. The molecular formula is C12H18BrN3. The average Bonchev–Trinajstić information content (AvgIpc) is 2.22. The van der Waals surface area contributed by atoms with Crippen molar-refractivity contribution >= 4 is 21.7 Å². The lowest BCUT2D eigenvalue weighted by atomic mass is 10.1. The maximum Gasteiger partial charge on any atom is 0.131 e. The van der Waals surface area contributed by atoms with Crippen LogP contribution < -0.4 is 10.2 Å². The van der Waals surface area contributed by atoms with Crippen LogP contribution in [0.4, 0.5) is 5.82 Å².